The Bertz CT molecular complexity index is 53.6. The molecule has 0 unspecified atom stereocenters. The molecular formula is C5H13NO4. The van der Waals surface area contributed by atoms with Crippen LogP contribution in [0, 0.1) is 0 Å². The number of hydrogen-bond donors (Lipinski definition) is 1. The lowest BCUT2D eigenvalue weighted by molar-refractivity contribution is -0.217. The van der Waals surface area contributed by atoms with Crippen molar-refractivity contribution in [3.8, 4) is 0 Å². The van der Waals surface area contributed by atoms with Crippen LogP contribution in [0.5, 0.6) is 0 Å². The molecule has 0 aromatic rings. The van der Waals surface area contributed by atoms with Crippen molar-refractivity contribution in [2.24, 2.45) is 0 Å². The van der Waals surface area contributed by atoms with Gasteiger partial charge in [-0.05, 0) is 0 Å². The molecule has 0 saturated carbocycles. The van der Waals surface area contributed by atoms with Crippen LogP contribution in [0.2, 0.25) is 0 Å². The quantitative estimate of drug-likeness (QED) is 0.307. The van der Waals surface area contributed by atoms with E-state index in [4.69, 9.17) is 9.57 Å². The van der Waals surface area contributed by atoms with Crippen LogP contribution < -0.4 is 5.64 Å². The van der Waals surface area contributed by atoms with Crippen molar-refractivity contribution in [1.29, 1.82) is 0 Å². The second kappa shape index (κ2) is 8.80. The van der Waals surface area contributed by atoms with Gasteiger partial charge in [-0.25, -0.2) is 4.84 Å². The first-order chi connectivity index (χ1) is 4.91. The molecule has 0 aliphatic heterocycles. The molecule has 0 heterocycles. The molecule has 0 spiro atoms. The molecule has 62 valence electrons. The predicted molar refractivity (Wildman–Crippen MR) is 33.9 cm³/mol. The van der Waals surface area contributed by atoms with E-state index >= 15 is 0 Å². The van der Waals surface area contributed by atoms with E-state index in [1.165, 1.54) is 7.11 Å². The second-order valence-corrected chi connectivity index (χ2v) is 1.48. The SMILES string of the molecule is COCCONOCOC. The van der Waals surface area contributed by atoms with E-state index < -0.39 is 0 Å². The summed E-state index contributed by atoms with van der Waals surface area (Å²) in [4.78, 5) is 9.28. The fourth-order valence-electron chi connectivity index (χ4n) is 0.291. The van der Waals surface area contributed by atoms with Gasteiger partial charge in [0.1, 0.15) is 0 Å². The van der Waals surface area contributed by atoms with Gasteiger partial charge in [-0.2, -0.15) is 0 Å². The third-order valence-electron chi connectivity index (χ3n) is 0.684. The maximum absolute atomic E-state index is 4.70. The minimum Gasteiger partial charge on any atom is -0.382 e. The summed E-state index contributed by atoms with van der Waals surface area (Å²) in [6.45, 7) is 1.14. The van der Waals surface area contributed by atoms with Gasteiger partial charge in [-0.3, -0.25) is 4.84 Å². The lowest BCUT2D eigenvalue weighted by atomic mass is 10.8. The van der Waals surface area contributed by atoms with Gasteiger partial charge in [0, 0.05) is 14.2 Å². The molecule has 0 saturated heterocycles. The summed E-state index contributed by atoms with van der Waals surface area (Å²) < 4.78 is 9.25. The smallest absolute Gasteiger partial charge is 0.169 e. The van der Waals surface area contributed by atoms with Gasteiger partial charge in [0.05, 0.1) is 13.2 Å². The lowest BCUT2D eigenvalue weighted by Gasteiger charge is -2.03. The fraction of sp³-hybridized carbons (Fsp3) is 1.00. The normalized spacial score (nSPS) is 10.2. The summed E-state index contributed by atoms with van der Waals surface area (Å²) in [5, 5.41) is 0. The molecule has 10 heavy (non-hydrogen) atoms. The summed E-state index contributed by atoms with van der Waals surface area (Å²) in [6.07, 6.45) is 0. The number of nitrogens with one attached hydrogen (secondary N) is 1. The topological polar surface area (TPSA) is 49.0 Å². The van der Waals surface area contributed by atoms with E-state index in [-0.39, 0.29) is 6.79 Å². The molecule has 0 rings (SSSR count). The molecular weight excluding hydrogens is 138 g/mol. The fourth-order valence-corrected chi connectivity index (χ4v) is 0.291. The van der Waals surface area contributed by atoms with Crippen LogP contribution in [0.1, 0.15) is 0 Å². The first-order valence-electron chi connectivity index (χ1n) is 2.88. The molecule has 0 bridgehead atoms. The van der Waals surface area contributed by atoms with E-state index in [1.807, 2.05) is 0 Å². The first kappa shape index (κ1) is 9.80. The third kappa shape index (κ3) is 7.80. The third-order valence-corrected chi connectivity index (χ3v) is 0.684. The summed E-state index contributed by atoms with van der Waals surface area (Å²) >= 11 is 0. The van der Waals surface area contributed by atoms with Crippen molar-refractivity contribution in [3.63, 3.8) is 0 Å². The summed E-state index contributed by atoms with van der Waals surface area (Å²) in [5.41, 5.74) is 2.22. The molecule has 0 fully saturated rings. The van der Waals surface area contributed by atoms with Gasteiger partial charge in [0.25, 0.3) is 0 Å². The minimum atomic E-state index is 0.160. The van der Waals surface area contributed by atoms with Crippen molar-refractivity contribution in [2.75, 3.05) is 34.2 Å². The molecule has 0 atom stereocenters. The standard InChI is InChI=1S/C5H13NO4/c1-7-3-4-9-6-10-5-8-2/h6H,3-5H2,1-2H3. The van der Waals surface area contributed by atoms with Crippen LogP contribution in [-0.4, -0.2) is 34.2 Å². The predicted octanol–water partition coefficient (Wildman–Crippen LogP) is -0.311. The van der Waals surface area contributed by atoms with Gasteiger partial charge in [0.2, 0.25) is 0 Å². The minimum absolute atomic E-state index is 0.160. The van der Waals surface area contributed by atoms with E-state index in [9.17, 15) is 0 Å². The maximum Gasteiger partial charge on any atom is 0.169 e. The average Bonchev–Trinajstić information content (AvgIpc) is 1.97. The van der Waals surface area contributed by atoms with Crippen LogP contribution in [0.15, 0.2) is 0 Å². The maximum atomic E-state index is 4.70. The average molecular weight is 151 g/mol. The Morgan fingerprint density at radius 2 is 1.80 bits per heavy atom. The number of methoxy groups -OCH3 is 2. The zero-order valence-corrected chi connectivity index (χ0v) is 6.25. The van der Waals surface area contributed by atoms with Crippen molar-refractivity contribution in [2.45, 2.75) is 0 Å². The highest BCUT2D eigenvalue weighted by Crippen LogP contribution is 1.71. The Hall–Kier alpha value is -0.200. The molecule has 1 N–H and O–H groups in total. The second-order valence-electron chi connectivity index (χ2n) is 1.48. The van der Waals surface area contributed by atoms with Crippen molar-refractivity contribution >= 4 is 0 Å². The molecule has 0 amide bonds. The monoisotopic (exact) mass is 151 g/mol. The highest BCUT2D eigenvalue weighted by molar-refractivity contribution is 4.17. The van der Waals surface area contributed by atoms with Crippen LogP contribution in [0.4, 0.5) is 0 Å². The van der Waals surface area contributed by atoms with Crippen LogP contribution in [-0.2, 0) is 19.1 Å². The van der Waals surface area contributed by atoms with Crippen molar-refractivity contribution < 1.29 is 19.1 Å². The highest BCUT2D eigenvalue weighted by Gasteiger charge is 1.84. The summed E-state index contributed by atoms with van der Waals surface area (Å²) in [7, 11) is 3.12. The van der Waals surface area contributed by atoms with Crippen LogP contribution in [0.25, 0.3) is 0 Å². The molecule has 0 aromatic heterocycles. The largest absolute Gasteiger partial charge is 0.382 e. The number of rotatable bonds is 7. The van der Waals surface area contributed by atoms with Gasteiger partial charge < -0.3 is 9.47 Å². The Labute approximate surface area is 60.1 Å². The molecule has 0 aliphatic carbocycles. The summed E-state index contributed by atoms with van der Waals surface area (Å²) in [6, 6.07) is 0. The van der Waals surface area contributed by atoms with E-state index in [2.05, 4.69) is 15.2 Å². The molecule has 0 aliphatic rings. The zero-order valence-electron chi connectivity index (χ0n) is 6.25. The molecule has 0 radical (unpaired) electrons. The van der Waals surface area contributed by atoms with E-state index in [0.717, 1.165) is 0 Å². The molecule has 5 nitrogen and oxygen atoms in total. The zero-order chi connectivity index (χ0) is 7.66. The lowest BCUT2D eigenvalue weighted by Crippen LogP contribution is -2.19. The Morgan fingerprint density at radius 3 is 2.40 bits per heavy atom. The van der Waals surface area contributed by atoms with Crippen LogP contribution >= 0.6 is 0 Å². The van der Waals surface area contributed by atoms with E-state index in [0.29, 0.717) is 13.2 Å². The Morgan fingerprint density at radius 1 is 1.00 bits per heavy atom. The number of hydrogen-bond acceptors (Lipinski definition) is 5. The highest BCUT2D eigenvalue weighted by atomic mass is 16.9. The van der Waals surface area contributed by atoms with Gasteiger partial charge in [-0.15, -0.1) is 0 Å². The summed E-state index contributed by atoms with van der Waals surface area (Å²) in [5.74, 6) is 0. The Balaban J connectivity index is 2.65. The van der Waals surface area contributed by atoms with Crippen LogP contribution in [0.3, 0.4) is 0 Å². The van der Waals surface area contributed by atoms with Crippen molar-refractivity contribution in [1.82, 2.24) is 5.64 Å². The number of ether oxygens (including phenoxy) is 2. The van der Waals surface area contributed by atoms with Gasteiger partial charge in [-0.1, -0.05) is 5.64 Å². The molecule has 5 heteroatoms. The first-order valence-corrected chi connectivity index (χ1v) is 2.88. The Kier molecular flexibility index (Phi) is 8.62. The van der Waals surface area contributed by atoms with Crippen molar-refractivity contribution in [3.05, 3.63) is 0 Å². The van der Waals surface area contributed by atoms with E-state index in [1.54, 1.807) is 7.11 Å². The van der Waals surface area contributed by atoms with Gasteiger partial charge in [0.15, 0.2) is 6.79 Å². The van der Waals surface area contributed by atoms with Gasteiger partial charge >= 0.3 is 0 Å². The molecule has 0 aromatic carbocycles.